The van der Waals surface area contributed by atoms with E-state index < -0.39 is 18.1 Å². The van der Waals surface area contributed by atoms with Gasteiger partial charge in [0.2, 0.25) is 0 Å². The molecule has 1 heterocycles. The third-order valence-corrected chi connectivity index (χ3v) is 4.19. The second-order valence-electron chi connectivity index (χ2n) is 5.87. The van der Waals surface area contributed by atoms with Gasteiger partial charge in [-0.1, -0.05) is 25.3 Å². The highest BCUT2D eigenvalue weighted by atomic mass is 32.2. The average Bonchev–Trinajstić information content (AvgIpc) is 2.52. The first kappa shape index (κ1) is 17.4. The van der Waals surface area contributed by atoms with Gasteiger partial charge in [-0.25, -0.2) is 8.93 Å². The maximum atomic E-state index is 11.0. The summed E-state index contributed by atoms with van der Waals surface area (Å²) in [6, 6.07) is 0. The van der Waals surface area contributed by atoms with Crippen molar-refractivity contribution in [3.8, 4) is 0 Å². The average molecular weight is 297 g/mol. The topological polar surface area (TPSA) is 47.6 Å². The van der Waals surface area contributed by atoms with Gasteiger partial charge in [0.05, 0.1) is 22.2 Å². The SMILES string of the molecule is C=C/C(=C\C(=C)CNS(C)=O)B1OC(C)(C)C(C)(C)O1. The second-order valence-corrected chi connectivity index (χ2v) is 7.07. The largest absolute Gasteiger partial charge is 0.494 e. The Kier molecular flexibility index (Phi) is 5.55. The van der Waals surface area contributed by atoms with Gasteiger partial charge in [0.15, 0.2) is 0 Å². The molecule has 0 spiro atoms. The highest BCUT2D eigenvalue weighted by molar-refractivity contribution is 7.82. The third kappa shape index (κ3) is 4.15. The number of allylic oxidation sites excluding steroid dienone is 2. The summed E-state index contributed by atoms with van der Waals surface area (Å²) in [6.45, 7) is 16.2. The quantitative estimate of drug-likeness (QED) is 0.604. The summed E-state index contributed by atoms with van der Waals surface area (Å²) < 4.78 is 25.7. The van der Waals surface area contributed by atoms with Crippen LogP contribution < -0.4 is 4.72 Å². The van der Waals surface area contributed by atoms with Gasteiger partial charge in [0, 0.05) is 12.8 Å². The standard InChI is InChI=1S/C14H24BNO3S/c1-8-12(9-11(2)10-16-20(7)17)15-18-13(3,4)14(5,6)19-15/h8-9,16H,1-2,10H2,3-7H3/b12-9+. The van der Waals surface area contributed by atoms with E-state index in [2.05, 4.69) is 17.9 Å². The molecule has 0 amide bonds. The van der Waals surface area contributed by atoms with Crippen LogP contribution in [0.25, 0.3) is 0 Å². The van der Waals surface area contributed by atoms with Gasteiger partial charge >= 0.3 is 7.12 Å². The monoisotopic (exact) mass is 297 g/mol. The predicted molar refractivity (Wildman–Crippen MR) is 85.6 cm³/mol. The van der Waals surface area contributed by atoms with Gasteiger partial charge in [-0.05, 0) is 38.7 Å². The maximum absolute atomic E-state index is 11.0. The van der Waals surface area contributed by atoms with E-state index in [1.807, 2.05) is 33.8 Å². The van der Waals surface area contributed by atoms with E-state index in [4.69, 9.17) is 9.31 Å². The molecule has 1 unspecified atom stereocenters. The van der Waals surface area contributed by atoms with Crippen LogP contribution in [0.4, 0.5) is 0 Å². The molecule has 1 N–H and O–H groups in total. The molecule has 0 aliphatic carbocycles. The molecule has 20 heavy (non-hydrogen) atoms. The summed E-state index contributed by atoms with van der Waals surface area (Å²) in [5.74, 6) is 0. The zero-order chi connectivity index (χ0) is 15.6. The molecule has 4 nitrogen and oxygen atoms in total. The van der Waals surface area contributed by atoms with E-state index in [1.54, 1.807) is 12.3 Å². The van der Waals surface area contributed by atoms with E-state index in [-0.39, 0.29) is 11.2 Å². The van der Waals surface area contributed by atoms with E-state index in [1.165, 1.54) is 0 Å². The van der Waals surface area contributed by atoms with Crippen molar-refractivity contribution in [2.24, 2.45) is 0 Å². The van der Waals surface area contributed by atoms with Gasteiger partial charge in [-0.3, -0.25) is 0 Å². The van der Waals surface area contributed by atoms with Gasteiger partial charge in [-0.15, -0.1) is 0 Å². The molecule has 0 saturated carbocycles. The van der Waals surface area contributed by atoms with E-state index in [0.29, 0.717) is 6.54 Å². The molecule has 6 heteroatoms. The third-order valence-electron chi connectivity index (χ3n) is 3.63. The van der Waals surface area contributed by atoms with Crippen LogP contribution in [-0.4, -0.2) is 35.3 Å². The van der Waals surface area contributed by atoms with Crippen molar-refractivity contribution in [1.29, 1.82) is 0 Å². The molecule has 0 aromatic carbocycles. The Balaban J connectivity index is 2.80. The fourth-order valence-electron chi connectivity index (χ4n) is 1.68. The molecule has 112 valence electrons. The zero-order valence-electron chi connectivity index (χ0n) is 13.0. The Labute approximate surface area is 125 Å². The minimum absolute atomic E-state index is 0.385. The van der Waals surface area contributed by atoms with Crippen LogP contribution in [0.2, 0.25) is 0 Å². The molecule has 1 fully saturated rings. The molecule has 0 aromatic heterocycles. The first-order valence-electron chi connectivity index (χ1n) is 6.53. The number of nitrogens with one attached hydrogen (secondary N) is 1. The van der Waals surface area contributed by atoms with Crippen molar-refractivity contribution in [3.05, 3.63) is 36.4 Å². The van der Waals surface area contributed by atoms with E-state index in [9.17, 15) is 4.21 Å². The Morgan fingerprint density at radius 2 is 1.80 bits per heavy atom. The normalized spacial score (nSPS) is 22.6. The van der Waals surface area contributed by atoms with Crippen LogP contribution >= 0.6 is 0 Å². The zero-order valence-corrected chi connectivity index (χ0v) is 13.8. The molecular formula is C14H24BNO3S. The van der Waals surface area contributed by atoms with Crippen molar-refractivity contribution in [2.45, 2.75) is 38.9 Å². The molecule has 0 aromatic rings. The summed E-state index contributed by atoms with van der Waals surface area (Å²) in [5, 5.41) is 0. The van der Waals surface area contributed by atoms with Gasteiger partial charge in [0.25, 0.3) is 0 Å². The van der Waals surface area contributed by atoms with Crippen LogP contribution in [0.1, 0.15) is 27.7 Å². The maximum Gasteiger partial charge on any atom is 0.494 e. The van der Waals surface area contributed by atoms with Gasteiger partial charge in [0.1, 0.15) is 0 Å². The first-order valence-corrected chi connectivity index (χ1v) is 8.09. The summed E-state index contributed by atoms with van der Waals surface area (Å²) in [6.07, 6.45) is 5.14. The Morgan fingerprint density at radius 3 is 2.20 bits per heavy atom. The number of hydrogen-bond acceptors (Lipinski definition) is 3. The first-order chi connectivity index (χ1) is 9.09. The summed E-state index contributed by atoms with van der Waals surface area (Å²) >= 11 is 0. The molecule has 1 rings (SSSR count). The fraction of sp³-hybridized carbons (Fsp3) is 0.571. The number of rotatable bonds is 6. The lowest BCUT2D eigenvalue weighted by Gasteiger charge is -2.32. The van der Waals surface area contributed by atoms with Crippen LogP contribution in [0.15, 0.2) is 36.4 Å². The summed E-state index contributed by atoms with van der Waals surface area (Å²) in [4.78, 5) is 0. The lowest BCUT2D eigenvalue weighted by Crippen LogP contribution is -2.41. The highest BCUT2D eigenvalue weighted by Gasteiger charge is 2.51. The molecule has 1 atom stereocenters. The minimum atomic E-state index is -1.06. The van der Waals surface area contributed by atoms with Crippen LogP contribution in [0, 0.1) is 0 Å². The van der Waals surface area contributed by atoms with Crippen molar-refractivity contribution in [2.75, 3.05) is 12.8 Å². The van der Waals surface area contributed by atoms with Crippen molar-refractivity contribution < 1.29 is 13.5 Å². The van der Waals surface area contributed by atoms with Crippen LogP contribution in [-0.2, 0) is 20.3 Å². The Morgan fingerprint density at radius 1 is 1.30 bits per heavy atom. The summed E-state index contributed by atoms with van der Waals surface area (Å²) in [7, 11) is -1.52. The fourth-order valence-corrected chi connectivity index (χ4v) is 2.07. The summed E-state index contributed by atoms with van der Waals surface area (Å²) in [5.41, 5.74) is 0.844. The Hall–Kier alpha value is -0.685. The van der Waals surface area contributed by atoms with Crippen molar-refractivity contribution in [1.82, 2.24) is 4.72 Å². The lowest BCUT2D eigenvalue weighted by atomic mass is 9.77. The second kappa shape index (κ2) is 6.39. The lowest BCUT2D eigenvalue weighted by molar-refractivity contribution is 0.00578. The van der Waals surface area contributed by atoms with Crippen LogP contribution in [0.5, 0.6) is 0 Å². The molecule has 1 aliphatic rings. The molecule has 1 aliphatic heterocycles. The van der Waals surface area contributed by atoms with E-state index >= 15 is 0 Å². The van der Waals surface area contributed by atoms with Crippen molar-refractivity contribution >= 4 is 18.1 Å². The van der Waals surface area contributed by atoms with Crippen LogP contribution in [0.3, 0.4) is 0 Å². The molecule has 0 bridgehead atoms. The minimum Gasteiger partial charge on any atom is -0.399 e. The molecule has 1 saturated heterocycles. The van der Waals surface area contributed by atoms with E-state index in [0.717, 1.165) is 11.0 Å². The van der Waals surface area contributed by atoms with Gasteiger partial charge in [-0.2, -0.15) is 0 Å². The smallest absolute Gasteiger partial charge is 0.399 e. The Bertz CT molecular complexity index is 441. The predicted octanol–water partition coefficient (Wildman–Crippen LogP) is 2.17. The molecular weight excluding hydrogens is 273 g/mol. The number of hydrogen-bond donors (Lipinski definition) is 1. The molecule has 0 radical (unpaired) electrons. The highest BCUT2D eigenvalue weighted by Crippen LogP contribution is 2.38. The van der Waals surface area contributed by atoms with Crippen molar-refractivity contribution in [3.63, 3.8) is 0 Å². The van der Waals surface area contributed by atoms with Gasteiger partial charge < -0.3 is 9.31 Å².